The van der Waals surface area contributed by atoms with Crippen molar-refractivity contribution in [3.63, 3.8) is 0 Å². The van der Waals surface area contributed by atoms with Crippen molar-refractivity contribution in [2.45, 2.75) is 0 Å². The van der Waals surface area contributed by atoms with Gasteiger partial charge in [0.2, 0.25) is 5.28 Å². The van der Waals surface area contributed by atoms with E-state index in [1.54, 1.807) is 0 Å². The van der Waals surface area contributed by atoms with Gasteiger partial charge >= 0.3 is 0 Å². The second kappa shape index (κ2) is 8.12. The summed E-state index contributed by atoms with van der Waals surface area (Å²) in [4.78, 5) is 13.7. The summed E-state index contributed by atoms with van der Waals surface area (Å²) in [6.45, 7) is 0. The molecule has 0 amide bonds. The molecule has 33 heavy (non-hydrogen) atoms. The van der Waals surface area contributed by atoms with Crippen LogP contribution in [0.3, 0.4) is 0 Å². The Hall–Kier alpha value is -4.08. The molecule has 0 unspecified atom stereocenters. The minimum absolute atomic E-state index is 0.179. The van der Waals surface area contributed by atoms with Gasteiger partial charge in [-0.25, -0.2) is 4.98 Å². The van der Waals surface area contributed by atoms with Crippen molar-refractivity contribution in [2.24, 2.45) is 0 Å². The first-order valence-electron chi connectivity index (χ1n) is 10.8. The van der Waals surface area contributed by atoms with E-state index in [9.17, 15) is 0 Å². The SMILES string of the molecule is Clc1nc(-c2ccccc2)nc(-c2cccc3cccc(-c4cccc5ccccc45)c23)n1. The highest BCUT2D eigenvalue weighted by molar-refractivity contribution is 6.28. The Balaban J connectivity index is 1.64. The predicted molar refractivity (Wildman–Crippen MR) is 136 cm³/mol. The fourth-order valence-electron chi connectivity index (χ4n) is 4.40. The van der Waals surface area contributed by atoms with Crippen LogP contribution in [-0.4, -0.2) is 15.0 Å². The van der Waals surface area contributed by atoms with Gasteiger partial charge in [-0.1, -0.05) is 109 Å². The van der Waals surface area contributed by atoms with Gasteiger partial charge in [0.1, 0.15) is 0 Å². The van der Waals surface area contributed by atoms with Crippen molar-refractivity contribution in [2.75, 3.05) is 0 Å². The van der Waals surface area contributed by atoms with E-state index >= 15 is 0 Å². The maximum atomic E-state index is 6.37. The zero-order valence-corrected chi connectivity index (χ0v) is 18.4. The number of hydrogen-bond acceptors (Lipinski definition) is 3. The second-order valence-electron chi connectivity index (χ2n) is 7.85. The lowest BCUT2D eigenvalue weighted by Crippen LogP contribution is -1.98. The summed E-state index contributed by atoms with van der Waals surface area (Å²) in [6.07, 6.45) is 0. The van der Waals surface area contributed by atoms with Crippen molar-refractivity contribution >= 4 is 33.1 Å². The molecule has 0 spiro atoms. The van der Waals surface area contributed by atoms with Crippen LogP contribution in [0.1, 0.15) is 0 Å². The van der Waals surface area contributed by atoms with E-state index in [4.69, 9.17) is 16.6 Å². The lowest BCUT2D eigenvalue weighted by Gasteiger charge is -2.14. The van der Waals surface area contributed by atoms with Gasteiger partial charge < -0.3 is 0 Å². The Morgan fingerprint density at radius 2 is 1.06 bits per heavy atom. The van der Waals surface area contributed by atoms with Crippen LogP contribution < -0.4 is 0 Å². The molecular weight excluding hydrogens is 426 g/mol. The molecule has 5 aromatic carbocycles. The Kier molecular flexibility index (Phi) is 4.82. The topological polar surface area (TPSA) is 38.7 Å². The predicted octanol–water partition coefficient (Wildman–Crippen LogP) is 7.83. The van der Waals surface area contributed by atoms with Gasteiger partial charge in [-0.2, -0.15) is 9.97 Å². The van der Waals surface area contributed by atoms with Crippen molar-refractivity contribution in [3.05, 3.63) is 114 Å². The lowest BCUT2D eigenvalue weighted by molar-refractivity contribution is 1.07. The van der Waals surface area contributed by atoms with Gasteiger partial charge in [-0.15, -0.1) is 0 Å². The Bertz CT molecular complexity index is 1620. The summed E-state index contributed by atoms with van der Waals surface area (Å²) < 4.78 is 0. The molecule has 6 rings (SSSR count). The average molecular weight is 444 g/mol. The van der Waals surface area contributed by atoms with Crippen LogP contribution in [0.2, 0.25) is 5.28 Å². The van der Waals surface area contributed by atoms with Crippen LogP contribution in [0.5, 0.6) is 0 Å². The molecule has 0 aliphatic heterocycles. The molecule has 156 valence electrons. The van der Waals surface area contributed by atoms with Crippen molar-refractivity contribution < 1.29 is 0 Å². The molecule has 6 aromatic rings. The molecule has 0 saturated heterocycles. The molecule has 3 nitrogen and oxygen atoms in total. The zero-order valence-electron chi connectivity index (χ0n) is 17.6. The van der Waals surface area contributed by atoms with Gasteiger partial charge in [0.15, 0.2) is 11.6 Å². The first-order valence-corrected chi connectivity index (χ1v) is 11.1. The molecule has 0 aliphatic carbocycles. The maximum Gasteiger partial charge on any atom is 0.226 e. The molecule has 0 aliphatic rings. The smallest absolute Gasteiger partial charge is 0.208 e. The molecule has 1 heterocycles. The summed E-state index contributed by atoms with van der Waals surface area (Å²) >= 11 is 6.37. The average Bonchev–Trinajstić information content (AvgIpc) is 2.88. The van der Waals surface area contributed by atoms with Gasteiger partial charge in [0, 0.05) is 16.5 Å². The zero-order chi connectivity index (χ0) is 22.2. The number of fused-ring (bicyclic) bond motifs is 2. The Labute approximate surface area is 196 Å². The van der Waals surface area contributed by atoms with Crippen LogP contribution >= 0.6 is 11.6 Å². The summed E-state index contributed by atoms with van der Waals surface area (Å²) in [5.74, 6) is 1.12. The Morgan fingerprint density at radius 1 is 0.455 bits per heavy atom. The van der Waals surface area contributed by atoms with Crippen LogP contribution in [0, 0.1) is 0 Å². The van der Waals surface area contributed by atoms with E-state index in [1.165, 1.54) is 16.3 Å². The molecular formula is C29H18ClN3. The standard InChI is InChI=1S/C29H18ClN3/c30-29-32-27(21-10-2-1-3-11-21)31-28(33-29)25-18-8-14-20-13-7-17-24(26(20)25)23-16-6-12-19-9-4-5-15-22(19)23/h1-18H. The fourth-order valence-corrected chi connectivity index (χ4v) is 4.56. The maximum absolute atomic E-state index is 6.37. The minimum atomic E-state index is 0.179. The van der Waals surface area contributed by atoms with Crippen molar-refractivity contribution in [3.8, 4) is 33.9 Å². The minimum Gasteiger partial charge on any atom is -0.208 e. The van der Waals surface area contributed by atoms with Crippen LogP contribution in [0.4, 0.5) is 0 Å². The summed E-state index contributed by atoms with van der Waals surface area (Å²) in [7, 11) is 0. The molecule has 0 fully saturated rings. The van der Waals surface area contributed by atoms with Crippen molar-refractivity contribution in [1.82, 2.24) is 15.0 Å². The van der Waals surface area contributed by atoms with E-state index < -0.39 is 0 Å². The van der Waals surface area contributed by atoms with Crippen LogP contribution in [0.25, 0.3) is 55.4 Å². The van der Waals surface area contributed by atoms with Gasteiger partial charge in [-0.05, 0) is 38.9 Å². The number of aromatic nitrogens is 3. The number of rotatable bonds is 3. The fraction of sp³-hybridized carbons (Fsp3) is 0. The van der Waals surface area contributed by atoms with E-state index in [1.807, 2.05) is 36.4 Å². The van der Waals surface area contributed by atoms with Gasteiger partial charge in [0.05, 0.1) is 0 Å². The van der Waals surface area contributed by atoms with Crippen LogP contribution in [0.15, 0.2) is 109 Å². The van der Waals surface area contributed by atoms with E-state index in [0.717, 1.165) is 27.5 Å². The Morgan fingerprint density at radius 3 is 1.88 bits per heavy atom. The quantitative estimate of drug-likeness (QED) is 0.279. The third kappa shape index (κ3) is 3.53. The van der Waals surface area contributed by atoms with Gasteiger partial charge in [0.25, 0.3) is 0 Å². The lowest BCUT2D eigenvalue weighted by atomic mass is 9.91. The highest BCUT2D eigenvalue weighted by Crippen LogP contribution is 2.38. The van der Waals surface area contributed by atoms with Crippen LogP contribution in [-0.2, 0) is 0 Å². The third-order valence-electron chi connectivity index (χ3n) is 5.87. The number of benzene rings is 5. The number of nitrogens with zero attached hydrogens (tertiary/aromatic N) is 3. The molecule has 1 aromatic heterocycles. The number of halogens is 1. The van der Waals surface area contributed by atoms with Crippen molar-refractivity contribution in [1.29, 1.82) is 0 Å². The molecule has 0 N–H and O–H groups in total. The summed E-state index contributed by atoms with van der Waals surface area (Å²) in [6, 6.07) is 37.3. The molecule has 0 bridgehead atoms. The second-order valence-corrected chi connectivity index (χ2v) is 8.19. The highest BCUT2D eigenvalue weighted by atomic mass is 35.5. The highest BCUT2D eigenvalue weighted by Gasteiger charge is 2.16. The summed E-state index contributed by atoms with van der Waals surface area (Å²) in [5, 5.41) is 4.81. The van der Waals surface area contributed by atoms with E-state index in [-0.39, 0.29) is 5.28 Å². The monoisotopic (exact) mass is 443 g/mol. The first-order chi connectivity index (χ1) is 16.3. The first kappa shape index (κ1) is 19.6. The van der Waals surface area contributed by atoms with Gasteiger partial charge in [-0.3, -0.25) is 0 Å². The summed E-state index contributed by atoms with van der Waals surface area (Å²) in [5.41, 5.74) is 4.14. The normalized spacial score (nSPS) is 11.2. The molecule has 0 atom stereocenters. The largest absolute Gasteiger partial charge is 0.226 e. The molecule has 0 saturated carbocycles. The van der Waals surface area contributed by atoms with E-state index in [0.29, 0.717) is 11.6 Å². The molecule has 0 radical (unpaired) electrons. The van der Waals surface area contributed by atoms with E-state index in [2.05, 4.69) is 82.8 Å². The number of hydrogen-bond donors (Lipinski definition) is 0. The third-order valence-corrected chi connectivity index (χ3v) is 6.03. The molecule has 4 heteroatoms.